The van der Waals surface area contributed by atoms with E-state index in [-0.39, 0.29) is 29.8 Å². The molecule has 8 nitrogen and oxygen atoms in total. The van der Waals surface area contributed by atoms with Gasteiger partial charge in [0.15, 0.2) is 0 Å². The van der Waals surface area contributed by atoms with Crippen LogP contribution in [-0.4, -0.2) is 40.1 Å². The summed E-state index contributed by atoms with van der Waals surface area (Å²) in [5.41, 5.74) is 0.590. The first kappa shape index (κ1) is 20.5. The summed E-state index contributed by atoms with van der Waals surface area (Å²) >= 11 is 3.36. The molecule has 2 amide bonds. The molecule has 1 aromatic heterocycles. The predicted octanol–water partition coefficient (Wildman–Crippen LogP) is 1.86. The van der Waals surface area contributed by atoms with E-state index in [1.807, 2.05) is 13.0 Å². The van der Waals surface area contributed by atoms with Gasteiger partial charge in [0.05, 0.1) is 17.3 Å². The number of amides is 2. The van der Waals surface area contributed by atoms with Crippen LogP contribution in [0.2, 0.25) is 0 Å². The van der Waals surface area contributed by atoms with Gasteiger partial charge in [-0.2, -0.15) is 0 Å². The minimum absolute atomic E-state index is 0.194. The van der Waals surface area contributed by atoms with Crippen molar-refractivity contribution in [3.8, 4) is 0 Å². The Bertz CT molecular complexity index is 1220. The highest BCUT2D eigenvalue weighted by Crippen LogP contribution is 2.19. The van der Waals surface area contributed by atoms with Crippen molar-refractivity contribution >= 4 is 44.2 Å². The molecule has 0 aliphatic rings. The van der Waals surface area contributed by atoms with Crippen LogP contribution in [0.3, 0.4) is 0 Å². The number of hydrogen-bond acceptors (Lipinski definition) is 4. The lowest BCUT2D eigenvalue weighted by Gasteiger charge is -2.18. The number of aromatic nitrogens is 2. The van der Waals surface area contributed by atoms with Gasteiger partial charge in [0.25, 0.3) is 11.1 Å². The van der Waals surface area contributed by atoms with Gasteiger partial charge in [0.1, 0.15) is 6.54 Å². The molecular formula is C20H19BrN4O4. The molecule has 1 heterocycles. The quantitative estimate of drug-likeness (QED) is 0.608. The Kier molecular flexibility index (Phi) is 5.97. The number of anilines is 1. The molecule has 2 aromatic carbocycles. The smallest absolute Gasteiger partial charge is 0.273 e. The van der Waals surface area contributed by atoms with E-state index in [1.54, 1.807) is 30.3 Å². The molecule has 2 N–H and O–H groups in total. The molecule has 0 saturated carbocycles. The summed E-state index contributed by atoms with van der Waals surface area (Å²) in [5.74, 6) is -0.855. The molecule has 9 heteroatoms. The summed E-state index contributed by atoms with van der Waals surface area (Å²) in [4.78, 5) is 50.6. The second kappa shape index (κ2) is 8.44. The number of aryl methyl sites for hydroxylation is 1. The van der Waals surface area contributed by atoms with Crippen molar-refractivity contribution in [3.63, 3.8) is 0 Å². The highest BCUT2D eigenvalue weighted by atomic mass is 79.9. The van der Waals surface area contributed by atoms with E-state index in [1.165, 1.54) is 18.0 Å². The summed E-state index contributed by atoms with van der Waals surface area (Å²) < 4.78 is 1.86. The van der Waals surface area contributed by atoms with Crippen LogP contribution < -0.4 is 16.4 Å². The normalized spacial score (nSPS) is 10.7. The summed E-state index contributed by atoms with van der Waals surface area (Å²) in [7, 11) is 1.46. The topological polar surface area (TPSA) is 104 Å². The second-order valence-electron chi connectivity index (χ2n) is 6.64. The average molecular weight is 459 g/mol. The molecule has 29 heavy (non-hydrogen) atoms. The van der Waals surface area contributed by atoms with E-state index in [9.17, 15) is 19.2 Å². The van der Waals surface area contributed by atoms with E-state index in [2.05, 4.69) is 26.3 Å². The zero-order valence-corrected chi connectivity index (χ0v) is 17.4. The molecule has 0 fully saturated rings. The van der Waals surface area contributed by atoms with Gasteiger partial charge in [-0.1, -0.05) is 28.1 Å². The summed E-state index contributed by atoms with van der Waals surface area (Å²) in [6.07, 6.45) is 0. The van der Waals surface area contributed by atoms with Crippen LogP contribution >= 0.6 is 15.9 Å². The first-order chi connectivity index (χ1) is 13.8. The van der Waals surface area contributed by atoms with Gasteiger partial charge >= 0.3 is 0 Å². The lowest BCUT2D eigenvalue weighted by Crippen LogP contribution is -2.40. The SMILES string of the molecule is Cc1cc(Br)ccc1NC(=O)CN(C)C(=O)Cn1[nH]c(=O)c2ccccc2c1=O. The fraction of sp³-hybridized carbons (Fsp3) is 0.200. The number of hydrogen-bond donors (Lipinski definition) is 2. The van der Waals surface area contributed by atoms with E-state index >= 15 is 0 Å². The van der Waals surface area contributed by atoms with E-state index in [0.717, 1.165) is 14.7 Å². The van der Waals surface area contributed by atoms with Gasteiger partial charge in [0, 0.05) is 17.2 Å². The maximum Gasteiger partial charge on any atom is 0.273 e. The Morgan fingerprint density at radius 3 is 2.52 bits per heavy atom. The van der Waals surface area contributed by atoms with Gasteiger partial charge in [0.2, 0.25) is 11.8 Å². The first-order valence-electron chi connectivity index (χ1n) is 8.78. The number of H-pyrrole nitrogens is 1. The van der Waals surface area contributed by atoms with E-state index < -0.39 is 17.0 Å². The van der Waals surface area contributed by atoms with Gasteiger partial charge in [-0.05, 0) is 42.8 Å². The van der Waals surface area contributed by atoms with Crippen LogP contribution in [0.4, 0.5) is 5.69 Å². The molecular weight excluding hydrogens is 440 g/mol. The maximum absolute atomic E-state index is 12.5. The van der Waals surface area contributed by atoms with E-state index in [0.29, 0.717) is 5.69 Å². The lowest BCUT2D eigenvalue weighted by molar-refractivity contribution is -0.134. The molecule has 0 atom stereocenters. The minimum atomic E-state index is -0.485. The summed E-state index contributed by atoms with van der Waals surface area (Å²) in [6.45, 7) is 1.29. The molecule has 0 unspecified atom stereocenters. The van der Waals surface area contributed by atoms with Crippen molar-refractivity contribution in [1.82, 2.24) is 14.7 Å². The number of fused-ring (bicyclic) bond motifs is 1. The number of carbonyl (C=O) groups excluding carboxylic acids is 2. The third kappa shape index (κ3) is 4.62. The van der Waals surface area contributed by atoms with Gasteiger partial charge < -0.3 is 10.2 Å². The van der Waals surface area contributed by atoms with Crippen LogP contribution in [0.25, 0.3) is 10.8 Å². The molecule has 0 spiro atoms. The van der Waals surface area contributed by atoms with Crippen molar-refractivity contribution in [3.05, 3.63) is 73.2 Å². The zero-order valence-electron chi connectivity index (χ0n) is 15.9. The van der Waals surface area contributed by atoms with Crippen molar-refractivity contribution in [2.45, 2.75) is 13.5 Å². The molecule has 0 saturated heterocycles. The highest BCUT2D eigenvalue weighted by molar-refractivity contribution is 9.10. The molecule has 3 aromatic rings. The Hall–Kier alpha value is -3.20. The van der Waals surface area contributed by atoms with Gasteiger partial charge in [-0.15, -0.1) is 0 Å². The van der Waals surface area contributed by atoms with Crippen LogP contribution in [0.1, 0.15) is 5.56 Å². The van der Waals surface area contributed by atoms with Gasteiger partial charge in [-0.3, -0.25) is 24.3 Å². The van der Waals surface area contributed by atoms with Crippen molar-refractivity contribution in [1.29, 1.82) is 0 Å². The van der Waals surface area contributed by atoms with Gasteiger partial charge in [-0.25, -0.2) is 4.68 Å². The summed E-state index contributed by atoms with van der Waals surface area (Å²) in [6, 6.07) is 11.8. The number of halogens is 1. The van der Waals surface area contributed by atoms with Crippen LogP contribution in [0.5, 0.6) is 0 Å². The Labute approximate surface area is 174 Å². The Balaban J connectivity index is 1.70. The van der Waals surface area contributed by atoms with Crippen LogP contribution in [-0.2, 0) is 16.1 Å². The maximum atomic E-state index is 12.5. The minimum Gasteiger partial charge on any atom is -0.335 e. The predicted molar refractivity (Wildman–Crippen MR) is 114 cm³/mol. The molecule has 0 aliphatic heterocycles. The Morgan fingerprint density at radius 1 is 1.14 bits per heavy atom. The third-order valence-corrected chi connectivity index (χ3v) is 4.94. The number of aromatic amines is 1. The number of carbonyl (C=O) groups is 2. The first-order valence-corrected chi connectivity index (χ1v) is 9.57. The molecule has 0 bridgehead atoms. The Morgan fingerprint density at radius 2 is 1.83 bits per heavy atom. The second-order valence-corrected chi connectivity index (χ2v) is 7.55. The molecule has 3 rings (SSSR count). The average Bonchev–Trinajstić information content (AvgIpc) is 2.68. The van der Waals surface area contributed by atoms with Crippen molar-refractivity contribution in [2.24, 2.45) is 0 Å². The number of nitrogens with zero attached hydrogens (tertiary/aromatic N) is 2. The van der Waals surface area contributed by atoms with Crippen molar-refractivity contribution in [2.75, 3.05) is 18.9 Å². The molecule has 0 radical (unpaired) electrons. The fourth-order valence-electron chi connectivity index (χ4n) is 2.87. The fourth-order valence-corrected chi connectivity index (χ4v) is 3.35. The highest BCUT2D eigenvalue weighted by Gasteiger charge is 2.16. The molecule has 150 valence electrons. The number of nitrogens with one attached hydrogen (secondary N) is 2. The van der Waals surface area contributed by atoms with E-state index in [4.69, 9.17) is 0 Å². The van der Waals surface area contributed by atoms with Crippen molar-refractivity contribution < 1.29 is 9.59 Å². The number of rotatable bonds is 5. The number of benzene rings is 2. The lowest BCUT2D eigenvalue weighted by atomic mass is 10.2. The standard InChI is InChI=1S/C20H19BrN4O4/c1-12-9-13(21)7-8-16(12)22-17(26)10-24(2)18(27)11-25-20(29)15-6-4-3-5-14(15)19(28)23-25/h3-9H,10-11H2,1-2H3,(H,22,26)(H,23,28). The van der Waals surface area contributed by atoms with Crippen LogP contribution in [0.15, 0.2) is 56.5 Å². The zero-order chi connectivity index (χ0) is 21.1. The monoisotopic (exact) mass is 458 g/mol. The molecule has 0 aliphatic carbocycles. The third-order valence-electron chi connectivity index (χ3n) is 4.45. The van der Waals surface area contributed by atoms with Crippen LogP contribution in [0, 0.1) is 6.92 Å². The largest absolute Gasteiger partial charge is 0.335 e. The number of likely N-dealkylation sites (N-methyl/N-ethyl adjacent to an activating group) is 1. The summed E-state index contributed by atoms with van der Waals surface area (Å²) in [5, 5.41) is 5.65.